The highest BCUT2D eigenvalue weighted by Crippen LogP contribution is 2.41. The van der Waals surface area contributed by atoms with Gasteiger partial charge in [-0.2, -0.15) is 0 Å². The summed E-state index contributed by atoms with van der Waals surface area (Å²) in [5.74, 6) is 0. The van der Waals surface area contributed by atoms with E-state index in [2.05, 4.69) is 42.5 Å². The topological polar surface area (TPSA) is 0 Å². The Balaban J connectivity index is 1.06. The predicted octanol–water partition coefficient (Wildman–Crippen LogP) is -4.74. The number of benzene rings is 13. The molecule has 18 heteroatoms. The van der Waals surface area contributed by atoms with Gasteiger partial charge in [0.25, 0.3) is 0 Å². The van der Waals surface area contributed by atoms with E-state index in [0.717, 1.165) is 44.2 Å². The molecule has 0 saturated carbocycles. The Morgan fingerprint density at radius 2 is 0.449 bits per heavy atom. The Morgan fingerprint density at radius 1 is 0.179 bits per heavy atom. The summed E-state index contributed by atoms with van der Waals surface area (Å²) in [6.45, 7) is 0. The van der Waals surface area contributed by atoms with Crippen molar-refractivity contribution in [2.24, 2.45) is 0 Å². The summed E-state index contributed by atoms with van der Waals surface area (Å²) in [5, 5.41) is 7.61. The molecular weight excluding hydrogens is 915 g/mol. The first kappa shape index (κ1) is 50.8. The Bertz CT molecular complexity index is 4570. The second-order valence-electron chi connectivity index (χ2n) is 20.2. The Morgan fingerprint density at radius 3 is 0.846 bits per heavy atom. The molecule has 0 unspecified atom stereocenters. The maximum absolute atomic E-state index is 7.12. The average Bonchev–Trinajstić information content (AvgIpc) is 3.03. The summed E-state index contributed by atoms with van der Waals surface area (Å²) < 4.78 is 0. The molecule has 0 N–H and O–H groups in total. The standard InChI is InChI=1S/C60H18B18/c61-43-29(35-31-33-39(49(67)45(35)63)55(73)59(77)57(75)41(33)53(71)51(69)37(31)47(43)65)22-10-3-8-20(14-22)24-16-25(18-26(17-24)28-13-5-7-19-6-1-2-12-27(19)28)21-9-4-11-23(15-21)30-36-32-34-40(50(68)46(36)64)56(74)60(78)58(76)42(34)54(72)52(70)38(32)48(66)44(30)62/h1-18H. The van der Waals surface area contributed by atoms with Crippen LogP contribution in [0.15, 0.2) is 109 Å². The minimum atomic E-state index is 0.103. The largest absolute Gasteiger partial charge is 0.113 e. The lowest BCUT2D eigenvalue weighted by Crippen LogP contribution is -2.48. The molecule has 13 aromatic rings. The van der Waals surface area contributed by atoms with Crippen molar-refractivity contribution in [3.63, 3.8) is 0 Å². The van der Waals surface area contributed by atoms with Gasteiger partial charge in [-0.1, -0.05) is 166 Å². The molecule has 0 bridgehead atoms. The maximum Gasteiger partial charge on any atom is 0.113 e. The van der Waals surface area contributed by atoms with Gasteiger partial charge >= 0.3 is 0 Å². The summed E-state index contributed by atoms with van der Waals surface area (Å²) in [5.41, 5.74) is 10.7. The van der Waals surface area contributed by atoms with Gasteiger partial charge in [-0.15, -0.1) is 10.9 Å². The van der Waals surface area contributed by atoms with Gasteiger partial charge < -0.3 is 0 Å². The normalized spacial score (nSPS) is 12.0. The van der Waals surface area contributed by atoms with Crippen molar-refractivity contribution in [2.45, 2.75) is 0 Å². The highest BCUT2D eigenvalue weighted by Gasteiger charge is 2.27. The minimum absolute atomic E-state index is 0.103. The highest BCUT2D eigenvalue weighted by molar-refractivity contribution is 6.77. The molecule has 0 spiro atoms. The smallest absolute Gasteiger partial charge is 0.109 e. The van der Waals surface area contributed by atoms with Crippen molar-refractivity contribution >= 4 is 315 Å². The summed E-state index contributed by atoms with van der Waals surface area (Å²) in [7, 11) is 123. The van der Waals surface area contributed by atoms with E-state index in [4.69, 9.17) is 141 Å². The lowest BCUT2D eigenvalue weighted by atomic mass is 9.58. The molecule has 0 heterocycles. The van der Waals surface area contributed by atoms with E-state index in [9.17, 15) is 0 Å². The summed E-state index contributed by atoms with van der Waals surface area (Å²) >= 11 is 0. The first-order chi connectivity index (χ1) is 37.2. The zero-order chi connectivity index (χ0) is 55.0. The third kappa shape index (κ3) is 6.80. The number of fused-ring (bicyclic) bond motifs is 1. The van der Waals surface area contributed by atoms with Crippen LogP contribution in [0.2, 0.25) is 0 Å². The third-order valence-corrected chi connectivity index (χ3v) is 16.2. The van der Waals surface area contributed by atoms with Crippen LogP contribution in [0.3, 0.4) is 0 Å². The second kappa shape index (κ2) is 17.9. The summed E-state index contributed by atoms with van der Waals surface area (Å²) in [4.78, 5) is 0. The molecule has 0 aromatic heterocycles. The van der Waals surface area contributed by atoms with E-state index in [1.807, 2.05) is 66.7 Å². The van der Waals surface area contributed by atoms with Crippen LogP contribution >= 0.6 is 0 Å². The van der Waals surface area contributed by atoms with Crippen LogP contribution in [0, 0.1) is 0 Å². The molecule has 0 atom stereocenters. The lowest BCUT2D eigenvalue weighted by molar-refractivity contribution is 1.57. The van der Waals surface area contributed by atoms with Gasteiger partial charge in [-0.25, -0.2) is 0 Å². The quantitative estimate of drug-likeness (QED) is 0.121. The van der Waals surface area contributed by atoms with Gasteiger partial charge in [-0.3, -0.25) is 0 Å². The zero-order valence-corrected chi connectivity index (χ0v) is 41.8. The first-order valence-corrected chi connectivity index (χ1v) is 24.6. The molecule has 78 heavy (non-hydrogen) atoms. The van der Waals surface area contributed by atoms with Crippen LogP contribution in [-0.4, -0.2) is 141 Å². The molecule has 0 aliphatic carbocycles. The van der Waals surface area contributed by atoms with Gasteiger partial charge in [-0.05, 0) is 161 Å². The van der Waals surface area contributed by atoms with Crippen LogP contribution in [0.4, 0.5) is 0 Å². The van der Waals surface area contributed by atoms with E-state index in [-0.39, 0.29) is 98.3 Å². The Labute approximate surface area is 476 Å². The molecule has 0 aliphatic heterocycles. The van der Waals surface area contributed by atoms with Crippen molar-refractivity contribution in [2.75, 3.05) is 0 Å². The fourth-order valence-corrected chi connectivity index (χ4v) is 12.4. The van der Waals surface area contributed by atoms with Crippen LogP contribution in [0.1, 0.15) is 0 Å². The van der Waals surface area contributed by atoms with Crippen LogP contribution < -0.4 is 98.3 Å². The second-order valence-corrected chi connectivity index (χ2v) is 20.2. The molecule has 312 valence electrons. The van der Waals surface area contributed by atoms with Crippen LogP contribution in [0.25, 0.3) is 131 Å². The predicted molar refractivity (Wildman–Crippen MR) is 356 cm³/mol. The fourth-order valence-electron chi connectivity index (χ4n) is 12.4. The lowest BCUT2D eigenvalue weighted by Gasteiger charge is -2.30. The minimum Gasteiger partial charge on any atom is -0.109 e. The molecule has 0 aliphatic rings. The Kier molecular flexibility index (Phi) is 11.7. The summed E-state index contributed by atoms with van der Waals surface area (Å²) in [6.07, 6.45) is 0. The van der Waals surface area contributed by atoms with Gasteiger partial charge in [0.05, 0.1) is 0 Å². The van der Waals surface area contributed by atoms with Crippen molar-refractivity contribution < 1.29 is 0 Å². The Hall–Kier alpha value is -6.63. The van der Waals surface area contributed by atoms with Crippen molar-refractivity contribution in [1.29, 1.82) is 0 Å². The SMILES string of the molecule is [B]c1c([B])c2c([B])c([B])c3c([B])c([B])c(-c4cccc(-c5cc(-c6cccc(-c7c([B])c([B])c8c([B])c([B])c9c([B])c([B])c([B])c%10c([B])c([B])c7c8c9%10)c6)cc(-c6cccc7ccccc67)c5)c4)c4c([B])c([B])c(c1[B])c2c34. The molecule has 13 aromatic carbocycles. The van der Waals surface area contributed by atoms with Gasteiger partial charge in [0.2, 0.25) is 0 Å². The average molecular weight is 933 g/mol. The van der Waals surface area contributed by atoms with Gasteiger partial charge in [0, 0.05) is 0 Å². The molecule has 0 nitrogen and oxygen atoms in total. The first-order valence-electron chi connectivity index (χ1n) is 24.6. The molecular formula is C60H18B18. The molecule has 0 saturated heterocycles. The number of rotatable bonds is 5. The van der Waals surface area contributed by atoms with Crippen molar-refractivity contribution in [3.05, 3.63) is 109 Å². The van der Waals surface area contributed by atoms with E-state index in [0.29, 0.717) is 86.9 Å². The van der Waals surface area contributed by atoms with Gasteiger partial charge in [0.15, 0.2) is 0 Å². The van der Waals surface area contributed by atoms with E-state index in [1.165, 1.54) is 0 Å². The fraction of sp³-hybridized carbons (Fsp3) is 0. The molecule has 0 fully saturated rings. The number of hydrogen-bond acceptors (Lipinski definition) is 0. The van der Waals surface area contributed by atoms with E-state index >= 15 is 0 Å². The maximum atomic E-state index is 7.12. The van der Waals surface area contributed by atoms with E-state index in [1.54, 1.807) is 0 Å². The molecule has 0 amide bonds. The zero-order valence-electron chi connectivity index (χ0n) is 41.8. The highest BCUT2D eigenvalue weighted by atomic mass is 14.3. The summed E-state index contributed by atoms with van der Waals surface area (Å²) in [6, 6.07) is 36.8. The van der Waals surface area contributed by atoms with Crippen LogP contribution in [-0.2, 0) is 0 Å². The third-order valence-electron chi connectivity index (χ3n) is 16.2. The van der Waals surface area contributed by atoms with Gasteiger partial charge in [0.1, 0.15) is 141 Å². The van der Waals surface area contributed by atoms with Crippen LogP contribution in [0.5, 0.6) is 0 Å². The molecule has 13 rings (SSSR count). The number of hydrogen-bond donors (Lipinski definition) is 0. The molecule has 36 radical (unpaired) electrons. The van der Waals surface area contributed by atoms with Crippen molar-refractivity contribution in [1.82, 2.24) is 0 Å². The van der Waals surface area contributed by atoms with Crippen molar-refractivity contribution in [3.8, 4) is 55.6 Å². The van der Waals surface area contributed by atoms with E-state index < -0.39 is 0 Å². The monoisotopic (exact) mass is 936 g/mol.